The van der Waals surface area contributed by atoms with E-state index in [1.165, 1.54) is 5.56 Å². The molecular formula is C17H25NO4. The molecule has 1 aliphatic heterocycles. The van der Waals surface area contributed by atoms with Crippen LogP contribution in [0.3, 0.4) is 0 Å². The van der Waals surface area contributed by atoms with Crippen molar-refractivity contribution in [3.8, 4) is 11.5 Å². The van der Waals surface area contributed by atoms with Crippen molar-refractivity contribution in [2.45, 2.75) is 46.3 Å². The number of ether oxygens (including phenoxy) is 2. The van der Waals surface area contributed by atoms with Crippen LogP contribution in [0.1, 0.15) is 38.3 Å². The number of fused-ring (bicyclic) bond motifs is 1. The van der Waals surface area contributed by atoms with E-state index >= 15 is 0 Å². The number of carbonyl (C=O) groups is 1. The van der Waals surface area contributed by atoms with E-state index in [1.54, 1.807) is 0 Å². The van der Waals surface area contributed by atoms with Gasteiger partial charge in [0, 0.05) is 24.1 Å². The van der Waals surface area contributed by atoms with E-state index in [-0.39, 0.29) is 12.6 Å². The molecule has 0 amide bonds. The topological polar surface area (TPSA) is 59.0 Å². The van der Waals surface area contributed by atoms with Gasteiger partial charge < -0.3 is 14.6 Å². The Balaban J connectivity index is 2.24. The molecule has 0 fully saturated rings. The predicted octanol–water partition coefficient (Wildman–Crippen LogP) is 2.71. The Morgan fingerprint density at radius 3 is 2.86 bits per heavy atom. The minimum atomic E-state index is -0.808. The van der Waals surface area contributed by atoms with Crippen LogP contribution in [0.4, 0.5) is 0 Å². The van der Waals surface area contributed by atoms with E-state index in [2.05, 4.69) is 0 Å². The highest BCUT2D eigenvalue weighted by Gasteiger charge is 2.23. The second-order valence-corrected chi connectivity index (χ2v) is 5.74. The minimum Gasteiger partial charge on any atom is -0.494 e. The van der Waals surface area contributed by atoms with Crippen molar-refractivity contribution in [1.82, 2.24) is 4.90 Å². The fourth-order valence-electron chi connectivity index (χ4n) is 2.86. The van der Waals surface area contributed by atoms with Crippen molar-refractivity contribution < 1.29 is 19.4 Å². The summed E-state index contributed by atoms with van der Waals surface area (Å²) in [6.07, 6.45) is 1.99. The lowest BCUT2D eigenvalue weighted by Crippen LogP contribution is -2.30. The predicted molar refractivity (Wildman–Crippen MR) is 84.6 cm³/mol. The van der Waals surface area contributed by atoms with Crippen LogP contribution in [-0.4, -0.2) is 41.8 Å². The third kappa shape index (κ3) is 4.13. The molecule has 0 saturated carbocycles. The normalized spacial score (nSPS) is 16.5. The molecule has 1 atom stereocenters. The zero-order chi connectivity index (χ0) is 16.1. The average molecular weight is 307 g/mol. The Labute approximate surface area is 131 Å². The fraction of sp³-hybridized carbons (Fsp3) is 0.588. The smallest absolute Gasteiger partial charge is 0.317 e. The Morgan fingerprint density at radius 2 is 2.23 bits per heavy atom. The first-order chi connectivity index (χ1) is 10.5. The zero-order valence-corrected chi connectivity index (χ0v) is 13.6. The van der Waals surface area contributed by atoms with Crippen molar-refractivity contribution in [2.24, 2.45) is 0 Å². The van der Waals surface area contributed by atoms with Crippen molar-refractivity contribution >= 4 is 5.97 Å². The summed E-state index contributed by atoms with van der Waals surface area (Å²) in [5, 5.41) is 9.05. The van der Waals surface area contributed by atoms with Gasteiger partial charge in [0.25, 0.3) is 0 Å². The van der Waals surface area contributed by atoms with Crippen molar-refractivity contribution in [2.75, 3.05) is 19.7 Å². The molecule has 22 heavy (non-hydrogen) atoms. The largest absolute Gasteiger partial charge is 0.494 e. The molecule has 1 aliphatic rings. The molecular weight excluding hydrogens is 282 g/mol. The van der Waals surface area contributed by atoms with Gasteiger partial charge in [0.1, 0.15) is 17.6 Å². The first-order valence-corrected chi connectivity index (χ1v) is 7.92. The maximum atomic E-state index is 11.0. The number of aliphatic carboxylic acids is 1. The monoisotopic (exact) mass is 307 g/mol. The molecule has 1 N–H and O–H groups in total. The minimum absolute atomic E-state index is 0.0355. The maximum absolute atomic E-state index is 11.0. The Morgan fingerprint density at radius 1 is 1.45 bits per heavy atom. The third-order valence-corrected chi connectivity index (χ3v) is 3.67. The lowest BCUT2D eigenvalue weighted by molar-refractivity contribution is -0.138. The van der Waals surface area contributed by atoms with Gasteiger partial charge in [0.15, 0.2) is 0 Å². The second-order valence-electron chi connectivity index (χ2n) is 5.74. The van der Waals surface area contributed by atoms with Gasteiger partial charge in [-0.2, -0.15) is 0 Å². The maximum Gasteiger partial charge on any atom is 0.317 e. The molecule has 2 rings (SSSR count). The highest BCUT2D eigenvalue weighted by atomic mass is 16.5. The van der Waals surface area contributed by atoms with Gasteiger partial charge >= 0.3 is 5.97 Å². The van der Waals surface area contributed by atoms with Gasteiger partial charge in [0.2, 0.25) is 0 Å². The SMILES string of the molecule is CCCN(CC(=O)O)Cc1cc2c(cc1OCC)CC(C)O2. The van der Waals surface area contributed by atoms with Crippen LogP contribution in [0.25, 0.3) is 0 Å². The number of benzene rings is 1. The van der Waals surface area contributed by atoms with E-state index in [9.17, 15) is 4.79 Å². The molecule has 5 heteroatoms. The van der Waals surface area contributed by atoms with Crippen LogP contribution < -0.4 is 9.47 Å². The van der Waals surface area contributed by atoms with Crippen molar-refractivity contribution in [3.05, 3.63) is 23.3 Å². The highest BCUT2D eigenvalue weighted by Crippen LogP contribution is 2.35. The molecule has 0 aliphatic carbocycles. The Bertz CT molecular complexity index is 530. The summed E-state index contributed by atoms with van der Waals surface area (Å²) < 4.78 is 11.6. The molecule has 122 valence electrons. The van der Waals surface area contributed by atoms with Crippen LogP contribution in [0.2, 0.25) is 0 Å². The third-order valence-electron chi connectivity index (χ3n) is 3.67. The van der Waals surface area contributed by atoms with Gasteiger partial charge in [-0.1, -0.05) is 6.92 Å². The summed E-state index contributed by atoms with van der Waals surface area (Å²) in [6.45, 7) is 7.98. The van der Waals surface area contributed by atoms with E-state index in [4.69, 9.17) is 14.6 Å². The van der Waals surface area contributed by atoms with Crippen LogP contribution in [0.15, 0.2) is 12.1 Å². The summed E-state index contributed by atoms with van der Waals surface area (Å²) >= 11 is 0. The number of rotatable bonds is 8. The Kier molecular flexibility index (Phi) is 5.66. The number of hydrogen-bond acceptors (Lipinski definition) is 4. The molecule has 1 heterocycles. The van der Waals surface area contributed by atoms with Gasteiger partial charge in [-0.15, -0.1) is 0 Å². The fourth-order valence-corrected chi connectivity index (χ4v) is 2.86. The number of carboxylic acid groups (broad SMARTS) is 1. The first-order valence-electron chi connectivity index (χ1n) is 7.92. The lowest BCUT2D eigenvalue weighted by Gasteiger charge is -2.21. The molecule has 0 radical (unpaired) electrons. The summed E-state index contributed by atoms with van der Waals surface area (Å²) in [6, 6.07) is 4.05. The summed E-state index contributed by atoms with van der Waals surface area (Å²) in [5.41, 5.74) is 2.16. The molecule has 0 spiro atoms. The van der Waals surface area contributed by atoms with E-state index in [0.717, 1.165) is 36.4 Å². The molecule has 0 bridgehead atoms. The highest BCUT2D eigenvalue weighted by molar-refractivity contribution is 5.69. The van der Waals surface area contributed by atoms with Crippen LogP contribution in [-0.2, 0) is 17.8 Å². The first kappa shape index (κ1) is 16.6. The zero-order valence-electron chi connectivity index (χ0n) is 13.6. The van der Waals surface area contributed by atoms with Gasteiger partial charge in [-0.05, 0) is 38.9 Å². The van der Waals surface area contributed by atoms with Gasteiger partial charge in [-0.3, -0.25) is 9.69 Å². The van der Waals surface area contributed by atoms with Gasteiger partial charge in [-0.25, -0.2) is 0 Å². The van der Waals surface area contributed by atoms with E-state index in [0.29, 0.717) is 13.2 Å². The van der Waals surface area contributed by atoms with Crippen LogP contribution in [0, 0.1) is 0 Å². The summed E-state index contributed by atoms with van der Waals surface area (Å²) in [5.74, 6) is 0.931. The number of hydrogen-bond donors (Lipinski definition) is 1. The number of nitrogens with zero attached hydrogens (tertiary/aromatic N) is 1. The Hall–Kier alpha value is -1.75. The molecule has 1 aromatic carbocycles. The summed E-state index contributed by atoms with van der Waals surface area (Å²) in [7, 11) is 0. The standard InChI is InChI=1S/C17H25NO4/c1-4-6-18(11-17(19)20)10-14-9-16-13(7-12(3)22-16)8-15(14)21-5-2/h8-9,12H,4-7,10-11H2,1-3H3,(H,19,20). The van der Waals surface area contributed by atoms with Crippen LogP contribution >= 0.6 is 0 Å². The lowest BCUT2D eigenvalue weighted by atomic mass is 10.1. The number of carboxylic acids is 1. The average Bonchev–Trinajstić information content (AvgIpc) is 2.78. The van der Waals surface area contributed by atoms with E-state index in [1.807, 2.05) is 37.8 Å². The van der Waals surface area contributed by atoms with Crippen LogP contribution in [0.5, 0.6) is 11.5 Å². The summed E-state index contributed by atoms with van der Waals surface area (Å²) in [4.78, 5) is 12.9. The molecule has 1 unspecified atom stereocenters. The quantitative estimate of drug-likeness (QED) is 0.800. The second kappa shape index (κ2) is 7.49. The molecule has 5 nitrogen and oxygen atoms in total. The molecule has 1 aromatic rings. The van der Waals surface area contributed by atoms with E-state index < -0.39 is 5.97 Å². The van der Waals surface area contributed by atoms with Crippen molar-refractivity contribution in [1.29, 1.82) is 0 Å². The van der Waals surface area contributed by atoms with Gasteiger partial charge in [0.05, 0.1) is 13.2 Å². The molecule has 0 aromatic heterocycles. The van der Waals surface area contributed by atoms with Crippen molar-refractivity contribution in [3.63, 3.8) is 0 Å². The molecule has 0 saturated heterocycles.